The molecule has 1 amide bonds. The first kappa shape index (κ1) is 15.0. The number of aliphatic hydroxyl groups excluding tert-OH is 1. The molecule has 0 saturated carbocycles. The number of halogens is 3. The van der Waals surface area contributed by atoms with Crippen LogP contribution in [0.2, 0.25) is 10.0 Å². The molecule has 0 fully saturated rings. The van der Waals surface area contributed by atoms with E-state index in [-0.39, 0.29) is 18.6 Å². The lowest BCUT2D eigenvalue weighted by Crippen LogP contribution is -2.33. The Morgan fingerprint density at radius 3 is 2.76 bits per heavy atom. The molecule has 94 valence electrons. The van der Waals surface area contributed by atoms with Gasteiger partial charge < -0.3 is 10.4 Å². The van der Waals surface area contributed by atoms with E-state index in [9.17, 15) is 4.79 Å². The van der Waals surface area contributed by atoms with Crippen molar-refractivity contribution in [3.8, 4) is 0 Å². The fourth-order valence-electron chi connectivity index (χ4n) is 1.29. The minimum absolute atomic E-state index is 0.0365. The third-order valence-electron chi connectivity index (χ3n) is 2.18. The zero-order valence-corrected chi connectivity index (χ0v) is 12.8. The van der Waals surface area contributed by atoms with Crippen molar-refractivity contribution in [3.63, 3.8) is 0 Å². The van der Waals surface area contributed by atoms with Crippen molar-refractivity contribution >= 4 is 51.7 Å². The number of hydrogen-bond donors (Lipinski definition) is 2. The number of aliphatic hydroxyl groups is 1. The SMILES string of the molecule is CC(CCO)NC(=O)c1cc(Cl)cc(Cl)c1I. The molecule has 1 rings (SSSR count). The summed E-state index contributed by atoms with van der Waals surface area (Å²) in [6.07, 6.45) is 0.511. The normalized spacial score (nSPS) is 12.3. The molecule has 0 radical (unpaired) electrons. The monoisotopic (exact) mass is 387 g/mol. The van der Waals surface area contributed by atoms with E-state index in [1.54, 1.807) is 12.1 Å². The van der Waals surface area contributed by atoms with E-state index in [4.69, 9.17) is 28.3 Å². The number of carbonyl (C=O) groups excluding carboxylic acids is 1. The zero-order valence-electron chi connectivity index (χ0n) is 9.14. The van der Waals surface area contributed by atoms with Gasteiger partial charge in [0.2, 0.25) is 0 Å². The Labute approximate surface area is 124 Å². The second kappa shape index (κ2) is 6.78. The average Bonchev–Trinajstić information content (AvgIpc) is 2.23. The first-order chi connectivity index (χ1) is 7.95. The first-order valence-corrected chi connectivity index (χ1v) is 6.85. The summed E-state index contributed by atoms with van der Waals surface area (Å²) in [5.41, 5.74) is 0.452. The number of benzene rings is 1. The Hall–Kier alpha value is -0.0400. The molecule has 1 atom stereocenters. The zero-order chi connectivity index (χ0) is 13.0. The highest BCUT2D eigenvalue weighted by molar-refractivity contribution is 14.1. The van der Waals surface area contributed by atoms with Gasteiger partial charge in [-0.1, -0.05) is 23.2 Å². The van der Waals surface area contributed by atoms with E-state index >= 15 is 0 Å². The molecule has 0 bridgehead atoms. The number of nitrogens with one attached hydrogen (secondary N) is 1. The van der Waals surface area contributed by atoms with Gasteiger partial charge in [0.1, 0.15) is 0 Å². The van der Waals surface area contributed by atoms with Crippen LogP contribution < -0.4 is 5.32 Å². The molecular formula is C11H12Cl2INO2. The van der Waals surface area contributed by atoms with Crippen molar-refractivity contribution in [1.82, 2.24) is 5.32 Å². The van der Waals surface area contributed by atoms with Gasteiger partial charge in [0.25, 0.3) is 5.91 Å². The summed E-state index contributed by atoms with van der Waals surface area (Å²) in [5, 5.41) is 12.4. The fourth-order valence-corrected chi connectivity index (χ4v) is 2.34. The highest BCUT2D eigenvalue weighted by Gasteiger charge is 2.15. The van der Waals surface area contributed by atoms with E-state index in [1.807, 2.05) is 29.5 Å². The fraction of sp³-hybridized carbons (Fsp3) is 0.364. The molecule has 0 saturated heterocycles. The van der Waals surface area contributed by atoms with Crippen molar-refractivity contribution in [2.24, 2.45) is 0 Å². The molecule has 3 nitrogen and oxygen atoms in total. The predicted octanol–water partition coefficient (Wildman–Crippen LogP) is 3.10. The van der Waals surface area contributed by atoms with Crippen molar-refractivity contribution in [1.29, 1.82) is 0 Å². The molecule has 0 aromatic heterocycles. The molecule has 1 unspecified atom stereocenters. The molecule has 0 aliphatic carbocycles. The maximum atomic E-state index is 11.9. The van der Waals surface area contributed by atoms with E-state index in [2.05, 4.69) is 5.32 Å². The minimum Gasteiger partial charge on any atom is -0.396 e. The van der Waals surface area contributed by atoms with Gasteiger partial charge in [-0.05, 0) is 48.1 Å². The lowest BCUT2D eigenvalue weighted by atomic mass is 10.2. The van der Waals surface area contributed by atoms with Crippen LogP contribution in [-0.2, 0) is 0 Å². The highest BCUT2D eigenvalue weighted by atomic mass is 127. The Kier molecular flexibility index (Phi) is 5.99. The maximum absolute atomic E-state index is 11.9. The van der Waals surface area contributed by atoms with Crippen molar-refractivity contribution < 1.29 is 9.90 Å². The van der Waals surface area contributed by atoms with E-state index in [1.165, 1.54) is 0 Å². The Balaban J connectivity index is 2.89. The van der Waals surface area contributed by atoms with Crippen molar-refractivity contribution in [2.75, 3.05) is 6.61 Å². The lowest BCUT2D eigenvalue weighted by Gasteiger charge is -2.14. The van der Waals surface area contributed by atoms with Crippen LogP contribution >= 0.6 is 45.8 Å². The van der Waals surface area contributed by atoms with Crippen LogP contribution in [0.25, 0.3) is 0 Å². The third-order valence-corrected chi connectivity index (χ3v) is 4.17. The van der Waals surface area contributed by atoms with E-state index < -0.39 is 0 Å². The summed E-state index contributed by atoms with van der Waals surface area (Å²) in [4.78, 5) is 11.9. The standard InChI is InChI=1S/C11H12Cl2INO2/c1-6(2-3-16)15-11(17)8-4-7(12)5-9(13)10(8)14/h4-6,16H,2-3H2,1H3,(H,15,17). The topological polar surface area (TPSA) is 49.3 Å². The summed E-state index contributed by atoms with van der Waals surface area (Å²) in [6, 6.07) is 3.08. The molecule has 0 aliphatic heterocycles. The third kappa shape index (κ3) is 4.28. The molecule has 0 heterocycles. The van der Waals surface area contributed by atoms with Gasteiger partial charge in [-0.3, -0.25) is 4.79 Å². The smallest absolute Gasteiger partial charge is 0.252 e. The maximum Gasteiger partial charge on any atom is 0.252 e. The molecule has 17 heavy (non-hydrogen) atoms. The van der Waals surface area contributed by atoms with Crippen LogP contribution in [0.4, 0.5) is 0 Å². The van der Waals surface area contributed by atoms with Gasteiger partial charge in [-0.25, -0.2) is 0 Å². The van der Waals surface area contributed by atoms with Crippen LogP contribution in [0.1, 0.15) is 23.7 Å². The van der Waals surface area contributed by atoms with Crippen LogP contribution in [0.5, 0.6) is 0 Å². The van der Waals surface area contributed by atoms with Crippen LogP contribution in [0.3, 0.4) is 0 Å². The number of rotatable bonds is 4. The summed E-state index contributed by atoms with van der Waals surface area (Å²) in [5.74, 6) is -0.236. The summed E-state index contributed by atoms with van der Waals surface area (Å²) in [6.45, 7) is 1.86. The Morgan fingerprint density at radius 1 is 1.53 bits per heavy atom. The van der Waals surface area contributed by atoms with Gasteiger partial charge in [0.15, 0.2) is 0 Å². The molecule has 1 aromatic carbocycles. The van der Waals surface area contributed by atoms with Crippen molar-refractivity contribution in [2.45, 2.75) is 19.4 Å². The van der Waals surface area contributed by atoms with Crippen molar-refractivity contribution in [3.05, 3.63) is 31.3 Å². The van der Waals surface area contributed by atoms with Gasteiger partial charge in [0.05, 0.1) is 10.6 Å². The summed E-state index contributed by atoms with van der Waals surface area (Å²) >= 11 is 13.8. The van der Waals surface area contributed by atoms with Crippen LogP contribution in [-0.4, -0.2) is 23.7 Å². The second-order valence-corrected chi connectivity index (χ2v) is 5.56. The molecule has 1 aromatic rings. The van der Waals surface area contributed by atoms with Gasteiger partial charge >= 0.3 is 0 Å². The van der Waals surface area contributed by atoms with Crippen LogP contribution in [0.15, 0.2) is 12.1 Å². The summed E-state index contributed by atoms with van der Waals surface area (Å²) in [7, 11) is 0. The number of carbonyl (C=O) groups is 1. The quantitative estimate of drug-likeness (QED) is 0.616. The average molecular weight is 388 g/mol. The lowest BCUT2D eigenvalue weighted by molar-refractivity contribution is 0.0933. The predicted molar refractivity (Wildman–Crippen MR) is 77.8 cm³/mol. The summed E-state index contributed by atoms with van der Waals surface area (Å²) < 4.78 is 0.669. The first-order valence-electron chi connectivity index (χ1n) is 5.02. The van der Waals surface area contributed by atoms with Gasteiger partial charge in [-0.2, -0.15) is 0 Å². The second-order valence-electron chi connectivity index (χ2n) is 3.64. The molecule has 0 spiro atoms. The molecular weight excluding hydrogens is 376 g/mol. The number of hydrogen-bond acceptors (Lipinski definition) is 2. The largest absolute Gasteiger partial charge is 0.396 e. The van der Waals surface area contributed by atoms with Crippen LogP contribution in [0, 0.1) is 3.57 Å². The molecule has 6 heteroatoms. The van der Waals surface area contributed by atoms with E-state index in [0.717, 1.165) is 0 Å². The Bertz CT molecular complexity index is 426. The number of amides is 1. The van der Waals surface area contributed by atoms with E-state index in [0.29, 0.717) is 25.6 Å². The molecule has 2 N–H and O–H groups in total. The minimum atomic E-state index is -0.236. The highest BCUT2D eigenvalue weighted by Crippen LogP contribution is 2.26. The van der Waals surface area contributed by atoms with Gasteiger partial charge in [0, 0.05) is 21.2 Å². The Morgan fingerprint density at radius 2 is 2.18 bits per heavy atom. The molecule has 0 aliphatic rings. The van der Waals surface area contributed by atoms with Gasteiger partial charge in [-0.15, -0.1) is 0 Å².